The molecule has 0 saturated carbocycles. The van der Waals surface area contributed by atoms with Gasteiger partial charge in [-0.1, -0.05) is 67.3 Å². The normalized spacial score (nSPS) is 9.85. The number of hydrazine groups is 1. The highest BCUT2D eigenvalue weighted by Gasteiger charge is 2.16. The molecule has 39 heavy (non-hydrogen) atoms. The van der Waals surface area contributed by atoms with E-state index in [0.29, 0.717) is 23.5 Å². The Bertz CT molecular complexity index is 1100. The lowest BCUT2D eigenvalue weighted by atomic mass is 10.1. The van der Waals surface area contributed by atoms with Crippen LogP contribution in [0.2, 0.25) is 0 Å². The van der Waals surface area contributed by atoms with E-state index in [9.17, 15) is 19.2 Å². The Morgan fingerprint density at radius 3 is 1.85 bits per heavy atom. The van der Waals surface area contributed by atoms with Gasteiger partial charge in [0, 0.05) is 24.9 Å². The van der Waals surface area contributed by atoms with Crippen molar-refractivity contribution >= 4 is 69.5 Å². The van der Waals surface area contributed by atoms with Crippen LogP contribution in [0.5, 0.6) is 0 Å². The molecule has 0 heterocycles. The van der Waals surface area contributed by atoms with Crippen LogP contribution in [0.25, 0.3) is 0 Å². The van der Waals surface area contributed by atoms with Crippen molar-refractivity contribution in [3.05, 3.63) is 60.7 Å². The van der Waals surface area contributed by atoms with Crippen LogP contribution in [0.3, 0.4) is 0 Å². The van der Waals surface area contributed by atoms with Crippen molar-refractivity contribution in [3.63, 3.8) is 0 Å². The molecule has 10 nitrogen and oxygen atoms in total. The minimum Gasteiger partial charge on any atom is -0.481 e. The third kappa shape index (κ3) is 16.5. The topological polar surface area (TPSA) is 162 Å². The quantitative estimate of drug-likeness (QED) is 0.0943. The number of nitrogens with zero attached hydrogens (tertiary/aromatic N) is 1. The number of rotatable bonds is 14. The smallest absolute Gasteiger partial charge is 0.303 e. The molecule has 0 spiro atoms. The Morgan fingerprint density at radius 2 is 1.28 bits per heavy atom. The second-order valence-corrected chi connectivity index (χ2v) is 9.32. The van der Waals surface area contributed by atoms with Gasteiger partial charge in [-0.15, -0.1) is 0 Å². The number of nitrogens with one attached hydrogen (secondary N) is 2. The zero-order chi connectivity index (χ0) is 29.0. The summed E-state index contributed by atoms with van der Waals surface area (Å²) in [6.07, 6.45) is 3.82. The summed E-state index contributed by atoms with van der Waals surface area (Å²) in [6.45, 7) is 0. The number of carboxylic acids is 2. The van der Waals surface area contributed by atoms with Crippen molar-refractivity contribution in [2.24, 2.45) is 5.73 Å². The van der Waals surface area contributed by atoms with Crippen LogP contribution in [0, 0.1) is 0 Å². The Balaban J connectivity index is 0.000000403. The molecule has 0 aliphatic carbocycles. The standard InChI is InChI=1S/C14H17N3O4S.C13H17NO2S/c15-11(18)9-12(19)16-17(10-5-2-1-3-6-10)13(22)7-4-8-14(20)21;15-13(16)10-6-2-5-9-12(17)14-11-7-3-1-4-8-11/h1-3,5-6H,4,7-9H2,(H2,15,18)(H,16,19)(H,20,21);1,3-4,7-8H,2,5-6,9-10H2,(H,14,17)(H,15,16). The fourth-order valence-electron chi connectivity index (χ4n) is 3.16. The van der Waals surface area contributed by atoms with Crippen LogP contribution in [-0.2, 0) is 19.2 Å². The fraction of sp³-hybridized carbons (Fsp3) is 0.333. The van der Waals surface area contributed by atoms with Gasteiger partial charge in [0.2, 0.25) is 11.8 Å². The van der Waals surface area contributed by atoms with Crippen LogP contribution < -0.4 is 21.5 Å². The average Bonchev–Trinajstić information content (AvgIpc) is 2.87. The molecule has 0 atom stereocenters. The fourth-order valence-corrected chi connectivity index (χ4v) is 3.71. The number of nitrogens with two attached hydrogens (primary N) is 1. The summed E-state index contributed by atoms with van der Waals surface area (Å²) in [7, 11) is 0. The van der Waals surface area contributed by atoms with Gasteiger partial charge in [0.15, 0.2) is 0 Å². The Kier molecular flexibility index (Phi) is 16.3. The van der Waals surface area contributed by atoms with Gasteiger partial charge in [0.05, 0.1) is 10.7 Å². The molecule has 0 fully saturated rings. The highest BCUT2D eigenvalue weighted by atomic mass is 32.1. The molecule has 0 aliphatic rings. The highest BCUT2D eigenvalue weighted by Crippen LogP contribution is 2.15. The van der Waals surface area contributed by atoms with Crippen LogP contribution in [-0.4, -0.2) is 43.9 Å². The first-order chi connectivity index (χ1) is 18.6. The molecule has 12 heteroatoms. The van der Waals surface area contributed by atoms with Gasteiger partial charge in [0.25, 0.3) is 0 Å². The number of anilines is 2. The first kappa shape index (κ1) is 33.1. The molecule has 2 aromatic carbocycles. The molecule has 2 rings (SSSR count). The summed E-state index contributed by atoms with van der Waals surface area (Å²) in [5, 5.41) is 21.6. The number of benzene rings is 2. The lowest BCUT2D eigenvalue weighted by Gasteiger charge is -2.25. The van der Waals surface area contributed by atoms with Crippen molar-refractivity contribution < 1.29 is 29.4 Å². The number of para-hydroxylation sites is 2. The minimum atomic E-state index is -0.910. The maximum absolute atomic E-state index is 11.7. The SMILES string of the molecule is NC(=O)CC(=O)NN(C(=S)CCCC(=O)O)c1ccccc1.O=C(O)CCCCCC(=S)Nc1ccccc1. The van der Waals surface area contributed by atoms with E-state index in [0.717, 1.165) is 36.4 Å². The largest absolute Gasteiger partial charge is 0.481 e. The van der Waals surface area contributed by atoms with E-state index in [4.69, 9.17) is 40.4 Å². The van der Waals surface area contributed by atoms with Gasteiger partial charge in [-0.3, -0.25) is 24.6 Å². The molecule has 2 amide bonds. The predicted molar refractivity (Wildman–Crippen MR) is 158 cm³/mol. The average molecular weight is 575 g/mol. The summed E-state index contributed by atoms with van der Waals surface area (Å²) in [5.41, 5.74) is 9.10. The number of aliphatic carboxylic acids is 2. The van der Waals surface area contributed by atoms with Gasteiger partial charge < -0.3 is 21.3 Å². The molecule has 0 radical (unpaired) electrons. The van der Waals surface area contributed by atoms with Gasteiger partial charge in [-0.2, -0.15) is 0 Å². The molecule has 210 valence electrons. The molecule has 6 N–H and O–H groups in total. The zero-order valence-corrected chi connectivity index (χ0v) is 23.1. The Morgan fingerprint density at radius 1 is 0.744 bits per heavy atom. The maximum Gasteiger partial charge on any atom is 0.303 e. The Hall–Kier alpha value is -3.90. The molecule has 0 saturated heterocycles. The number of primary amides is 1. The van der Waals surface area contributed by atoms with E-state index >= 15 is 0 Å². The van der Waals surface area contributed by atoms with Crippen LogP contribution in [0.1, 0.15) is 57.8 Å². The number of hydrogen-bond donors (Lipinski definition) is 5. The summed E-state index contributed by atoms with van der Waals surface area (Å²) in [6, 6.07) is 18.6. The third-order valence-corrected chi connectivity index (χ3v) is 5.66. The molecule has 0 unspecified atom stereocenters. The van der Waals surface area contributed by atoms with E-state index in [2.05, 4.69) is 10.7 Å². The van der Waals surface area contributed by atoms with Crippen molar-refractivity contribution in [2.45, 2.75) is 57.8 Å². The van der Waals surface area contributed by atoms with E-state index in [-0.39, 0.29) is 12.8 Å². The summed E-state index contributed by atoms with van der Waals surface area (Å²) in [4.78, 5) is 44.5. The maximum atomic E-state index is 11.7. The van der Waals surface area contributed by atoms with E-state index in [1.165, 1.54) is 5.01 Å². The highest BCUT2D eigenvalue weighted by molar-refractivity contribution is 7.80. The van der Waals surface area contributed by atoms with Crippen molar-refractivity contribution in [1.82, 2.24) is 5.43 Å². The van der Waals surface area contributed by atoms with Gasteiger partial charge in [0.1, 0.15) is 11.4 Å². The number of carbonyl (C=O) groups is 4. The van der Waals surface area contributed by atoms with Gasteiger partial charge in [-0.05, 0) is 49.9 Å². The predicted octanol–water partition coefficient (Wildman–Crippen LogP) is 4.44. The lowest BCUT2D eigenvalue weighted by molar-refractivity contribution is -0.138. The second kappa shape index (κ2) is 19.2. The molecule has 2 aromatic rings. The summed E-state index contributed by atoms with van der Waals surface area (Å²) >= 11 is 10.5. The zero-order valence-electron chi connectivity index (χ0n) is 21.5. The second-order valence-electron chi connectivity index (χ2n) is 8.36. The lowest BCUT2D eigenvalue weighted by Crippen LogP contribution is -2.46. The van der Waals surface area contributed by atoms with Crippen molar-refractivity contribution in [2.75, 3.05) is 10.3 Å². The monoisotopic (exact) mass is 574 g/mol. The molecular formula is C27H34N4O6S2. The van der Waals surface area contributed by atoms with Crippen molar-refractivity contribution in [3.8, 4) is 0 Å². The summed E-state index contributed by atoms with van der Waals surface area (Å²) in [5.74, 6) is -2.97. The molecule has 0 aromatic heterocycles. The number of unbranched alkanes of at least 4 members (excludes halogenated alkanes) is 2. The number of hydrogen-bond acceptors (Lipinski definition) is 6. The first-order valence-corrected chi connectivity index (χ1v) is 13.1. The number of carboxylic acid groups (broad SMARTS) is 2. The van der Waals surface area contributed by atoms with Gasteiger partial charge >= 0.3 is 11.9 Å². The molecular weight excluding hydrogens is 540 g/mol. The first-order valence-electron chi connectivity index (χ1n) is 12.3. The van der Waals surface area contributed by atoms with Crippen LogP contribution in [0.15, 0.2) is 60.7 Å². The number of thiocarbonyl (C=S) groups is 2. The van der Waals surface area contributed by atoms with Gasteiger partial charge in [-0.25, -0.2) is 5.01 Å². The van der Waals surface area contributed by atoms with E-state index in [1.54, 1.807) is 30.3 Å². The van der Waals surface area contributed by atoms with E-state index in [1.807, 2.05) is 30.3 Å². The molecule has 0 aliphatic heterocycles. The third-order valence-electron chi connectivity index (χ3n) is 4.97. The minimum absolute atomic E-state index is 0.0159. The molecule has 0 bridgehead atoms. The Labute approximate surface area is 238 Å². The number of amides is 2. The van der Waals surface area contributed by atoms with Crippen molar-refractivity contribution in [1.29, 1.82) is 0 Å². The van der Waals surface area contributed by atoms with Crippen LogP contribution in [0.4, 0.5) is 11.4 Å². The number of carbonyl (C=O) groups excluding carboxylic acids is 2. The van der Waals surface area contributed by atoms with Crippen LogP contribution >= 0.6 is 24.4 Å². The summed E-state index contributed by atoms with van der Waals surface area (Å²) < 4.78 is 0. The van der Waals surface area contributed by atoms with E-state index < -0.39 is 30.2 Å².